The lowest BCUT2D eigenvalue weighted by Gasteiger charge is -2.18. The molecule has 3 rings (SSSR count). The van der Waals surface area contributed by atoms with Gasteiger partial charge in [-0.3, -0.25) is 4.57 Å². The lowest BCUT2D eigenvalue weighted by molar-refractivity contribution is 0.553. The number of sulfonamides is 1. The largest absolute Gasteiger partial charge is 0.272 e. The van der Waals surface area contributed by atoms with E-state index in [9.17, 15) is 8.42 Å². The average Bonchev–Trinajstić information content (AvgIpc) is 3.17. The molecule has 1 atom stereocenters. The smallest absolute Gasteiger partial charge is 0.212 e. The van der Waals surface area contributed by atoms with Crippen molar-refractivity contribution >= 4 is 33.4 Å². The van der Waals surface area contributed by atoms with Gasteiger partial charge in [-0.2, -0.15) is 0 Å². The van der Waals surface area contributed by atoms with Crippen LogP contribution in [0.25, 0.3) is 5.69 Å². The van der Waals surface area contributed by atoms with Crippen molar-refractivity contribution in [3.8, 4) is 5.69 Å². The maximum Gasteiger partial charge on any atom is 0.212 e. The topological polar surface area (TPSA) is 76.9 Å². The molecule has 0 radical (unpaired) electrons. The molecule has 0 aliphatic heterocycles. The molecule has 1 aromatic heterocycles. The van der Waals surface area contributed by atoms with E-state index in [1.165, 1.54) is 5.56 Å². The third-order valence-corrected chi connectivity index (χ3v) is 7.57. The van der Waals surface area contributed by atoms with E-state index in [1.807, 2.05) is 54.8 Å². The van der Waals surface area contributed by atoms with Crippen LogP contribution in [0.15, 0.2) is 53.7 Å². The molecule has 1 heterocycles. The van der Waals surface area contributed by atoms with E-state index in [4.69, 9.17) is 11.6 Å². The monoisotopic (exact) mass is 478 g/mol. The molecule has 166 valence electrons. The van der Waals surface area contributed by atoms with Crippen molar-refractivity contribution in [3.63, 3.8) is 0 Å². The number of benzene rings is 2. The van der Waals surface area contributed by atoms with Crippen molar-refractivity contribution in [2.24, 2.45) is 0 Å². The second-order valence-corrected chi connectivity index (χ2v) is 10.6. The zero-order valence-corrected chi connectivity index (χ0v) is 20.3. The van der Waals surface area contributed by atoms with Crippen molar-refractivity contribution in [2.75, 3.05) is 5.75 Å². The lowest BCUT2D eigenvalue weighted by atomic mass is 10.2. The van der Waals surface area contributed by atoms with Crippen molar-refractivity contribution in [3.05, 3.63) is 70.5 Å². The first-order valence-electron chi connectivity index (χ1n) is 10.2. The molecule has 1 N–H and O–H groups in total. The van der Waals surface area contributed by atoms with Gasteiger partial charge in [-0.25, -0.2) is 13.1 Å². The van der Waals surface area contributed by atoms with Gasteiger partial charge in [0.25, 0.3) is 0 Å². The Kier molecular flexibility index (Phi) is 8.16. The highest BCUT2D eigenvalue weighted by Gasteiger charge is 2.24. The van der Waals surface area contributed by atoms with Crippen LogP contribution in [0.1, 0.15) is 49.7 Å². The summed E-state index contributed by atoms with van der Waals surface area (Å²) < 4.78 is 29.6. The highest BCUT2D eigenvalue weighted by molar-refractivity contribution is 7.98. The molecule has 3 aromatic rings. The van der Waals surface area contributed by atoms with Crippen molar-refractivity contribution in [1.29, 1.82) is 0 Å². The molecule has 9 heteroatoms. The number of rotatable bonds is 10. The first kappa shape index (κ1) is 23.8. The molecule has 0 bridgehead atoms. The minimum Gasteiger partial charge on any atom is -0.272 e. The van der Waals surface area contributed by atoms with Gasteiger partial charge >= 0.3 is 0 Å². The fourth-order valence-corrected chi connectivity index (χ4v) is 5.65. The van der Waals surface area contributed by atoms with Gasteiger partial charge in [-0.15, -0.1) is 10.2 Å². The summed E-state index contributed by atoms with van der Waals surface area (Å²) in [4.78, 5) is 0. The van der Waals surface area contributed by atoms with Gasteiger partial charge in [0, 0.05) is 10.8 Å². The van der Waals surface area contributed by atoms with Gasteiger partial charge in [0.2, 0.25) is 10.0 Å². The van der Waals surface area contributed by atoms with Crippen LogP contribution in [0, 0.1) is 6.92 Å². The van der Waals surface area contributed by atoms with Crippen LogP contribution in [0.4, 0.5) is 0 Å². The fraction of sp³-hybridized carbons (Fsp3) is 0.364. The zero-order valence-electron chi connectivity index (χ0n) is 17.9. The SMILES string of the molecule is CCCCS(=O)(=O)NC(C)c1nnc(SCc2ccccc2)n1-c1cc(Cl)ccc1C. The maximum atomic E-state index is 12.5. The Morgan fingerprint density at radius 1 is 1.16 bits per heavy atom. The molecule has 1 unspecified atom stereocenters. The minimum absolute atomic E-state index is 0.0911. The van der Waals surface area contributed by atoms with E-state index in [2.05, 4.69) is 27.1 Å². The van der Waals surface area contributed by atoms with Crippen LogP contribution in [0.2, 0.25) is 5.02 Å². The Hall–Kier alpha value is -1.87. The Labute approximate surface area is 193 Å². The molecular formula is C22H27ClN4O2S2. The molecule has 0 amide bonds. The minimum atomic E-state index is -3.42. The molecule has 6 nitrogen and oxygen atoms in total. The molecule has 0 aliphatic rings. The predicted octanol–water partition coefficient (Wildman–Crippen LogP) is 5.30. The number of nitrogens with zero attached hydrogens (tertiary/aromatic N) is 3. The number of thioether (sulfide) groups is 1. The van der Waals surface area contributed by atoms with Crippen LogP contribution < -0.4 is 4.72 Å². The Morgan fingerprint density at radius 3 is 2.61 bits per heavy atom. The van der Waals surface area contributed by atoms with E-state index in [0.717, 1.165) is 23.4 Å². The van der Waals surface area contributed by atoms with Gasteiger partial charge in [-0.05, 0) is 43.5 Å². The summed E-state index contributed by atoms with van der Waals surface area (Å²) in [5.41, 5.74) is 3.00. The van der Waals surface area contributed by atoms with Gasteiger partial charge < -0.3 is 0 Å². The van der Waals surface area contributed by atoms with E-state index in [0.29, 0.717) is 22.4 Å². The maximum absolute atomic E-state index is 12.5. The average molecular weight is 479 g/mol. The van der Waals surface area contributed by atoms with E-state index in [1.54, 1.807) is 18.7 Å². The van der Waals surface area contributed by atoms with E-state index < -0.39 is 16.1 Å². The number of hydrogen-bond acceptors (Lipinski definition) is 5. The van der Waals surface area contributed by atoms with Crippen molar-refractivity contribution in [2.45, 2.75) is 50.6 Å². The number of hydrogen-bond donors (Lipinski definition) is 1. The summed E-state index contributed by atoms with van der Waals surface area (Å²) in [5.74, 6) is 1.34. The molecule has 0 spiro atoms. The van der Waals surface area contributed by atoms with E-state index >= 15 is 0 Å². The summed E-state index contributed by atoms with van der Waals surface area (Å²) in [6.45, 7) is 5.74. The van der Waals surface area contributed by atoms with Crippen LogP contribution in [0.3, 0.4) is 0 Å². The third kappa shape index (κ3) is 6.32. The summed E-state index contributed by atoms with van der Waals surface area (Å²) in [6, 6.07) is 15.2. The summed E-state index contributed by atoms with van der Waals surface area (Å²) in [5, 5.41) is 10.0. The second kappa shape index (κ2) is 10.6. The van der Waals surface area contributed by atoms with Crippen LogP contribution >= 0.6 is 23.4 Å². The summed E-state index contributed by atoms with van der Waals surface area (Å²) in [7, 11) is -3.42. The number of aromatic nitrogens is 3. The predicted molar refractivity (Wildman–Crippen MR) is 127 cm³/mol. The fourth-order valence-electron chi connectivity index (χ4n) is 3.14. The Bertz CT molecular complexity index is 1120. The second-order valence-electron chi connectivity index (χ2n) is 7.39. The van der Waals surface area contributed by atoms with Crippen molar-refractivity contribution in [1.82, 2.24) is 19.5 Å². The molecule has 0 aliphatic carbocycles. The molecule has 2 aromatic carbocycles. The van der Waals surface area contributed by atoms with E-state index in [-0.39, 0.29) is 5.75 Å². The first-order valence-corrected chi connectivity index (χ1v) is 13.2. The highest BCUT2D eigenvalue weighted by atomic mass is 35.5. The van der Waals surface area contributed by atoms with Gasteiger partial charge in [0.05, 0.1) is 17.5 Å². The summed E-state index contributed by atoms with van der Waals surface area (Å²) >= 11 is 7.83. The molecule has 0 saturated heterocycles. The molecule has 0 saturated carbocycles. The van der Waals surface area contributed by atoms with Crippen molar-refractivity contribution < 1.29 is 8.42 Å². The van der Waals surface area contributed by atoms with Crippen LogP contribution in [0.5, 0.6) is 0 Å². The number of halogens is 1. The van der Waals surface area contributed by atoms with Crippen LogP contribution in [-0.2, 0) is 15.8 Å². The lowest BCUT2D eigenvalue weighted by Crippen LogP contribution is -2.30. The van der Waals surface area contributed by atoms with Gasteiger partial charge in [0.1, 0.15) is 0 Å². The van der Waals surface area contributed by atoms with Gasteiger partial charge in [0.15, 0.2) is 11.0 Å². The first-order chi connectivity index (χ1) is 14.8. The van der Waals surface area contributed by atoms with Gasteiger partial charge in [-0.1, -0.05) is 73.1 Å². The number of nitrogens with one attached hydrogen (secondary N) is 1. The standard InChI is InChI=1S/C22H27ClN4O2S2/c1-4-5-13-31(28,29)26-17(3)21-24-25-22(30-15-18-9-7-6-8-10-18)27(21)20-14-19(23)12-11-16(20)2/h6-12,14,17,26H,4-5,13,15H2,1-3H3. The molecule has 0 fully saturated rings. The Balaban J connectivity index is 1.97. The highest BCUT2D eigenvalue weighted by Crippen LogP contribution is 2.30. The molecule has 31 heavy (non-hydrogen) atoms. The van der Waals surface area contributed by atoms with Crippen LogP contribution in [-0.4, -0.2) is 28.9 Å². The number of unbranched alkanes of at least 4 members (excludes halogenated alkanes) is 1. The molecular weight excluding hydrogens is 452 g/mol. The third-order valence-electron chi connectivity index (χ3n) is 4.79. The normalized spacial score (nSPS) is 12.8. The number of aryl methyl sites for hydroxylation is 1. The Morgan fingerprint density at radius 2 is 1.90 bits per heavy atom. The summed E-state index contributed by atoms with van der Waals surface area (Å²) in [6.07, 6.45) is 1.42. The quantitative estimate of drug-likeness (QED) is 0.400. The zero-order chi connectivity index (χ0) is 22.4.